The molecule has 0 fully saturated rings. The van der Waals surface area contributed by atoms with Crippen LogP contribution in [0.3, 0.4) is 0 Å². The van der Waals surface area contributed by atoms with Crippen LogP contribution < -0.4 is 52.7 Å². The summed E-state index contributed by atoms with van der Waals surface area (Å²) in [5.41, 5.74) is 1.25. The molecule has 0 amide bonds. The molecule has 0 aliphatic heterocycles. The van der Waals surface area contributed by atoms with E-state index in [2.05, 4.69) is 4.18 Å². The molecule has 15 nitrogen and oxygen atoms in total. The molecule has 0 aliphatic carbocycles. The van der Waals surface area contributed by atoms with E-state index in [1.807, 2.05) is 6.07 Å². The van der Waals surface area contributed by atoms with Gasteiger partial charge in [-0.05, 0) is 50.6 Å². The van der Waals surface area contributed by atoms with Gasteiger partial charge in [0.15, 0.2) is 35.6 Å². The molecule has 0 saturated heterocycles. The molecule has 3 aromatic carbocycles. The number of furan rings is 2. The summed E-state index contributed by atoms with van der Waals surface area (Å²) >= 11 is 0. The van der Waals surface area contributed by atoms with Crippen molar-refractivity contribution in [1.82, 2.24) is 0 Å². The van der Waals surface area contributed by atoms with Crippen molar-refractivity contribution in [2.75, 3.05) is 34.2 Å². The van der Waals surface area contributed by atoms with E-state index in [9.17, 15) is 22.6 Å². The fraction of sp³-hybridized carbons (Fsp3) is 0.294. The number of rotatable bonds is 16. The van der Waals surface area contributed by atoms with E-state index >= 15 is 0 Å². The van der Waals surface area contributed by atoms with Crippen LogP contribution in [0.25, 0.3) is 21.9 Å². The SMILES string of the molecule is CCOC(=O)c1c(C)oc2cc(OCc3cccc(OCOC)c3)c(OCc3oc4cc(OC)c(OS(=O)(=O)[O-])cc4c3C(=O)OCC)cc12.[Na+]. The van der Waals surface area contributed by atoms with Gasteiger partial charge in [-0.1, -0.05) is 12.1 Å². The Balaban J connectivity index is 0.00000583. The van der Waals surface area contributed by atoms with Gasteiger partial charge in [-0.15, -0.1) is 0 Å². The summed E-state index contributed by atoms with van der Waals surface area (Å²) in [5.74, 6) is -0.795. The van der Waals surface area contributed by atoms with Crippen molar-refractivity contribution in [2.45, 2.75) is 34.0 Å². The fourth-order valence-electron chi connectivity index (χ4n) is 5.08. The maximum atomic E-state index is 13.2. The second-order valence-electron chi connectivity index (χ2n) is 10.4. The fourth-order valence-corrected chi connectivity index (χ4v) is 5.43. The van der Waals surface area contributed by atoms with Crippen LogP contribution in [-0.2, 0) is 37.8 Å². The quantitative estimate of drug-likeness (QED) is 0.0472. The van der Waals surface area contributed by atoms with Crippen molar-refractivity contribution in [2.24, 2.45) is 0 Å². The zero-order valence-electron chi connectivity index (χ0n) is 28.7. The van der Waals surface area contributed by atoms with Crippen molar-refractivity contribution < 1.29 is 98.3 Å². The van der Waals surface area contributed by atoms with E-state index in [1.54, 1.807) is 51.1 Å². The minimum Gasteiger partial charge on any atom is -0.716 e. The van der Waals surface area contributed by atoms with Crippen LogP contribution in [-0.4, -0.2) is 59.1 Å². The van der Waals surface area contributed by atoms with E-state index in [1.165, 1.54) is 20.3 Å². The molecule has 0 atom stereocenters. The first-order valence-corrected chi connectivity index (χ1v) is 16.5. The number of aryl methyl sites for hydroxylation is 1. The summed E-state index contributed by atoms with van der Waals surface area (Å²) in [7, 11) is -2.45. The van der Waals surface area contributed by atoms with Gasteiger partial charge in [0, 0.05) is 30.0 Å². The molecule has 2 aromatic heterocycles. The minimum atomic E-state index is -5.20. The summed E-state index contributed by atoms with van der Waals surface area (Å²) in [5, 5.41) is 0.456. The molecule has 0 N–H and O–H groups in total. The molecule has 51 heavy (non-hydrogen) atoms. The molecule has 0 saturated carbocycles. The maximum Gasteiger partial charge on any atom is 1.00 e. The Labute approximate surface area is 314 Å². The first-order chi connectivity index (χ1) is 24.0. The monoisotopic (exact) mass is 736 g/mol. The van der Waals surface area contributed by atoms with Gasteiger partial charge >= 0.3 is 41.5 Å². The molecule has 0 bridgehead atoms. The summed E-state index contributed by atoms with van der Waals surface area (Å²) < 4.78 is 89.1. The number of esters is 2. The van der Waals surface area contributed by atoms with Gasteiger partial charge in [0.2, 0.25) is 0 Å². The van der Waals surface area contributed by atoms with Gasteiger partial charge in [0.05, 0.1) is 20.3 Å². The molecular weight excluding hydrogens is 703 g/mol. The Kier molecular flexibility index (Phi) is 13.2. The van der Waals surface area contributed by atoms with E-state index in [-0.39, 0.29) is 108 Å². The van der Waals surface area contributed by atoms with Gasteiger partial charge < -0.3 is 50.7 Å². The number of fused-ring (bicyclic) bond motifs is 2. The van der Waals surface area contributed by atoms with E-state index in [0.29, 0.717) is 22.5 Å². The average Bonchev–Trinajstić information content (AvgIpc) is 3.59. The molecule has 2 heterocycles. The third-order valence-electron chi connectivity index (χ3n) is 7.12. The average molecular weight is 737 g/mol. The summed E-state index contributed by atoms with van der Waals surface area (Å²) in [4.78, 5) is 26.0. The Morgan fingerprint density at radius 2 is 1.37 bits per heavy atom. The standard InChI is InChI=1S/C34H34O15S.Na/c1-6-42-33(35)31-19(3)47-24-15-28(44-16-20-9-8-10-21(11-20)46-18-40-4)27(12-22(24)31)45-17-30-32(34(36)43-7-2)23-13-29(49-50(37,38)39)26(41-5)14-25(23)48-30;/h8-15H,6-7,16-18H2,1-5H3,(H,37,38,39);/q;+1/p-1. The predicted octanol–water partition coefficient (Wildman–Crippen LogP) is 2.83. The molecule has 5 aromatic rings. The van der Waals surface area contributed by atoms with Crippen LogP contribution in [0.2, 0.25) is 0 Å². The van der Waals surface area contributed by atoms with Crippen LogP contribution in [0.1, 0.15) is 51.6 Å². The van der Waals surface area contributed by atoms with Crippen molar-refractivity contribution >= 4 is 44.3 Å². The van der Waals surface area contributed by atoms with E-state index < -0.39 is 28.1 Å². The van der Waals surface area contributed by atoms with Gasteiger partial charge in [-0.25, -0.2) is 18.0 Å². The van der Waals surface area contributed by atoms with E-state index in [4.69, 9.17) is 42.0 Å². The number of hydrogen-bond acceptors (Lipinski definition) is 15. The van der Waals surface area contributed by atoms with Crippen LogP contribution in [0, 0.1) is 6.92 Å². The minimum absolute atomic E-state index is 0. The normalized spacial score (nSPS) is 11.2. The first-order valence-electron chi connectivity index (χ1n) is 15.1. The topological polar surface area (TPSA) is 191 Å². The zero-order valence-corrected chi connectivity index (χ0v) is 31.5. The maximum absolute atomic E-state index is 13.2. The largest absolute Gasteiger partial charge is 1.00 e. The van der Waals surface area contributed by atoms with E-state index in [0.717, 1.165) is 11.6 Å². The van der Waals surface area contributed by atoms with Gasteiger partial charge in [-0.3, -0.25) is 0 Å². The van der Waals surface area contributed by atoms with Crippen LogP contribution in [0.5, 0.6) is 28.7 Å². The second-order valence-corrected chi connectivity index (χ2v) is 11.4. The number of methoxy groups -OCH3 is 2. The van der Waals surface area contributed by atoms with Crippen molar-refractivity contribution in [3.8, 4) is 28.7 Å². The van der Waals surface area contributed by atoms with Crippen molar-refractivity contribution in [1.29, 1.82) is 0 Å². The van der Waals surface area contributed by atoms with Gasteiger partial charge in [0.1, 0.15) is 47.0 Å². The molecule has 0 aliphatic rings. The smallest absolute Gasteiger partial charge is 0.716 e. The third kappa shape index (κ3) is 9.27. The molecule has 17 heteroatoms. The summed E-state index contributed by atoms with van der Waals surface area (Å²) in [6.45, 7) is 4.81. The van der Waals surface area contributed by atoms with Gasteiger partial charge in [0.25, 0.3) is 10.4 Å². The molecule has 0 unspecified atom stereocenters. The Bertz CT molecular complexity index is 2130. The Morgan fingerprint density at radius 3 is 2.04 bits per heavy atom. The zero-order chi connectivity index (χ0) is 36.0. The van der Waals surface area contributed by atoms with Crippen LogP contribution >= 0.6 is 0 Å². The molecular formula is C34H33NaO15S. The number of benzene rings is 3. The molecule has 5 rings (SSSR count). The molecule has 0 radical (unpaired) electrons. The molecule has 266 valence electrons. The molecule has 0 spiro atoms. The summed E-state index contributed by atoms with van der Waals surface area (Å²) in [6.07, 6.45) is 0. The van der Waals surface area contributed by atoms with Gasteiger partial charge in [-0.2, -0.15) is 0 Å². The first kappa shape index (κ1) is 39.3. The third-order valence-corrected chi connectivity index (χ3v) is 7.51. The number of carbonyl (C=O) groups is 2. The number of hydrogen-bond donors (Lipinski definition) is 0. The Morgan fingerprint density at radius 1 is 0.765 bits per heavy atom. The second kappa shape index (κ2) is 17.2. The van der Waals surface area contributed by atoms with Crippen LogP contribution in [0.4, 0.5) is 0 Å². The summed E-state index contributed by atoms with van der Waals surface area (Å²) in [6, 6.07) is 12.7. The van der Waals surface area contributed by atoms with Crippen molar-refractivity contribution in [3.05, 3.63) is 76.7 Å². The van der Waals surface area contributed by atoms with Crippen LogP contribution in [0.15, 0.2) is 57.4 Å². The predicted molar refractivity (Wildman–Crippen MR) is 174 cm³/mol. The Hall–Kier alpha value is -4.45. The van der Waals surface area contributed by atoms with Crippen molar-refractivity contribution in [3.63, 3.8) is 0 Å². The number of ether oxygens (including phenoxy) is 7. The number of carbonyl (C=O) groups excluding carboxylic acids is 2.